The standard InChI is InChI=1S/C21H38.C16H20.C11H22.C4H6.C3H8.3C2H6/c1-9-16(6)21(15(4)5)18(8)20(17(7)14(2)3)13-19-11-10-12-19;1-4-13(9-12(2)3)16-10-14-7-5-6-8-15(14)11-16;1-9(2)7-8-10(3)11(4,5)6;1-3-4-2;1-3-2;3*1-2/h15-16,18-21H,2,7,9-13H2,1,3-6,8H3;4-8,13,16H,1-2,9-11H2,3H3;10H,1,7-8H2,2-6H3;3-4H,1-2H2;3H2,1-2H3;3*1-2H3. The number of rotatable bonds is 17. The van der Waals surface area contributed by atoms with Gasteiger partial charge in [-0.3, -0.25) is 0 Å². The quantitative estimate of drug-likeness (QED) is 0.108. The van der Waals surface area contributed by atoms with E-state index >= 15 is 0 Å². The fourth-order valence-electron chi connectivity index (χ4n) is 8.04. The molecule has 1 saturated carbocycles. The van der Waals surface area contributed by atoms with E-state index < -0.39 is 0 Å². The molecule has 2 aliphatic carbocycles. The molecule has 0 aromatic heterocycles. The lowest BCUT2D eigenvalue weighted by atomic mass is 9.64. The minimum Gasteiger partial charge on any atom is -0.103 e. The van der Waals surface area contributed by atoms with E-state index in [0.29, 0.717) is 23.2 Å². The first kappa shape index (κ1) is 67.5. The van der Waals surface area contributed by atoms with Crippen molar-refractivity contribution < 1.29 is 0 Å². The van der Waals surface area contributed by atoms with Crippen LogP contribution in [0.1, 0.15) is 207 Å². The Hall–Kier alpha value is -2.60. The number of fused-ring (bicyclic) bond motifs is 1. The molecule has 0 radical (unpaired) electrons. The van der Waals surface area contributed by atoms with Crippen LogP contribution in [-0.2, 0) is 12.8 Å². The van der Waals surface area contributed by atoms with Crippen molar-refractivity contribution in [3.8, 4) is 0 Å². The maximum atomic E-state index is 4.41. The van der Waals surface area contributed by atoms with E-state index in [-0.39, 0.29) is 0 Å². The third kappa shape index (κ3) is 31.8. The van der Waals surface area contributed by atoms with Crippen molar-refractivity contribution in [3.05, 3.63) is 122 Å². The van der Waals surface area contributed by atoms with Crippen molar-refractivity contribution in [2.75, 3.05) is 0 Å². The topological polar surface area (TPSA) is 0 Å². The van der Waals surface area contributed by atoms with E-state index in [9.17, 15) is 0 Å². The van der Waals surface area contributed by atoms with Crippen LogP contribution < -0.4 is 0 Å². The van der Waals surface area contributed by atoms with Crippen molar-refractivity contribution >= 4 is 0 Å². The van der Waals surface area contributed by atoms with Crippen LogP contribution in [0.2, 0.25) is 0 Å². The van der Waals surface area contributed by atoms with Gasteiger partial charge in [-0.1, -0.05) is 235 Å². The molecule has 1 aromatic carbocycles. The predicted molar refractivity (Wildman–Crippen MR) is 290 cm³/mol. The highest BCUT2D eigenvalue weighted by molar-refractivity contribution is 5.33. The van der Waals surface area contributed by atoms with Crippen LogP contribution in [0.3, 0.4) is 0 Å². The van der Waals surface area contributed by atoms with E-state index in [1.54, 1.807) is 12.2 Å². The summed E-state index contributed by atoms with van der Waals surface area (Å²) in [5, 5.41) is 0. The van der Waals surface area contributed by atoms with Gasteiger partial charge in [0.2, 0.25) is 0 Å². The third-order valence-corrected chi connectivity index (χ3v) is 12.3. The summed E-state index contributed by atoms with van der Waals surface area (Å²) < 4.78 is 0. The molecule has 0 nitrogen and oxygen atoms in total. The van der Waals surface area contributed by atoms with E-state index in [0.717, 1.165) is 41.9 Å². The number of hydrogen-bond donors (Lipinski definition) is 0. The van der Waals surface area contributed by atoms with E-state index in [2.05, 4.69) is 173 Å². The first-order chi connectivity index (χ1) is 28.7. The highest BCUT2D eigenvalue weighted by atomic mass is 14.4. The monoisotopic (exact) mass is 845 g/mol. The Morgan fingerprint density at radius 1 is 0.738 bits per heavy atom. The molecule has 6 unspecified atom stereocenters. The minimum absolute atomic E-state index is 0.454. The largest absolute Gasteiger partial charge is 0.103 e. The molecule has 0 saturated heterocycles. The molecule has 0 aliphatic heterocycles. The third-order valence-electron chi connectivity index (χ3n) is 12.3. The lowest BCUT2D eigenvalue weighted by Crippen LogP contribution is -2.33. The van der Waals surface area contributed by atoms with Gasteiger partial charge in [-0.05, 0) is 135 Å². The average Bonchev–Trinajstić information content (AvgIpc) is 3.65. The van der Waals surface area contributed by atoms with Crippen LogP contribution in [0.5, 0.6) is 0 Å². The summed E-state index contributed by atoms with van der Waals surface area (Å²) in [6.45, 7) is 71.1. The van der Waals surface area contributed by atoms with Crippen molar-refractivity contribution in [1.82, 2.24) is 0 Å². The summed E-state index contributed by atoms with van der Waals surface area (Å²) in [4.78, 5) is 0. The highest BCUT2D eigenvalue weighted by Gasteiger charge is 2.35. The molecule has 61 heavy (non-hydrogen) atoms. The fourth-order valence-corrected chi connectivity index (χ4v) is 8.04. The maximum Gasteiger partial charge on any atom is -0.0134 e. The fraction of sp³-hybridized carbons (Fsp3) is 0.672. The van der Waals surface area contributed by atoms with Crippen LogP contribution in [0.4, 0.5) is 0 Å². The van der Waals surface area contributed by atoms with Crippen molar-refractivity contribution in [2.24, 2.45) is 58.7 Å². The number of hydrogen-bond acceptors (Lipinski definition) is 0. The summed E-state index contributed by atoms with van der Waals surface area (Å²) >= 11 is 0. The zero-order valence-corrected chi connectivity index (χ0v) is 45.5. The number of benzene rings is 1. The molecule has 2 aliphatic rings. The van der Waals surface area contributed by atoms with Gasteiger partial charge >= 0.3 is 0 Å². The Labute approximate surface area is 388 Å². The Morgan fingerprint density at radius 2 is 1.18 bits per heavy atom. The molecular formula is C61H112. The molecule has 0 heteroatoms. The first-order valence-corrected chi connectivity index (χ1v) is 25.2. The van der Waals surface area contributed by atoms with Gasteiger partial charge in [-0.15, -0.1) is 19.7 Å². The van der Waals surface area contributed by atoms with Gasteiger partial charge < -0.3 is 0 Å². The zero-order valence-electron chi connectivity index (χ0n) is 45.5. The second-order valence-corrected chi connectivity index (χ2v) is 18.9. The van der Waals surface area contributed by atoms with Crippen molar-refractivity contribution in [2.45, 2.75) is 209 Å². The van der Waals surface area contributed by atoms with E-state index in [1.165, 1.54) is 97.6 Å². The van der Waals surface area contributed by atoms with Crippen molar-refractivity contribution in [3.63, 3.8) is 0 Å². The Bertz CT molecular complexity index is 1220. The SMILES string of the molecule is C=C(C)C(=C)C(CC1CCC1)C(C)C(C(C)C)C(C)CC.C=C(C)CCC(C)C(C)(C)C.C=CC(CC(=C)C)C1Cc2ccccc2C1.C=CC=C.CC.CC.CC.CCC. The minimum atomic E-state index is 0.454. The molecule has 0 heterocycles. The van der Waals surface area contributed by atoms with Crippen LogP contribution in [0, 0.1) is 58.7 Å². The van der Waals surface area contributed by atoms with Crippen molar-refractivity contribution in [1.29, 1.82) is 0 Å². The first-order valence-electron chi connectivity index (χ1n) is 25.2. The Balaban J connectivity index is -0.000000232. The van der Waals surface area contributed by atoms with Gasteiger partial charge in [0.05, 0.1) is 0 Å². The Kier molecular flexibility index (Phi) is 45.8. The lowest BCUT2D eigenvalue weighted by molar-refractivity contribution is 0.121. The Morgan fingerprint density at radius 3 is 1.46 bits per heavy atom. The highest BCUT2D eigenvalue weighted by Crippen LogP contribution is 2.44. The lowest BCUT2D eigenvalue weighted by Gasteiger charge is -2.41. The van der Waals surface area contributed by atoms with Gasteiger partial charge in [0.25, 0.3) is 0 Å². The molecule has 6 atom stereocenters. The smallest absolute Gasteiger partial charge is 0.0134 e. The molecule has 0 amide bonds. The molecule has 1 aromatic rings. The second kappa shape index (κ2) is 41.4. The predicted octanol–water partition coefficient (Wildman–Crippen LogP) is 20.9. The average molecular weight is 846 g/mol. The molecule has 356 valence electrons. The molecule has 3 rings (SSSR count). The molecule has 0 N–H and O–H groups in total. The normalized spacial score (nSPS) is 15.4. The summed E-state index contributed by atoms with van der Waals surface area (Å²) in [5.74, 6) is 6.72. The van der Waals surface area contributed by atoms with Gasteiger partial charge in [-0.25, -0.2) is 0 Å². The van der Waals surface area contributed by atoms with Crippen LogP contribution in [0.25, 0.3) is 0 Å². The molecular weight excluding hydrogens is 733 g/mol. The molecule has 0 bridgehead atoms. The summed E-state index contributed by atoms with van der Waals surface area (Å²) in [5.41, 5.74) is 8.60. The van der Waals surface area contributed by atoms with E-state index in [4.69, 9.17) is 0 Å². The maximum absolute atomic E-state index is 4.41. The van der Waals surface area contributed by atoms with Gasteiger partial charge in [0.1, 0.15) is 0 Å². The zero-order chi connectivity index (χ0) is 48.9. The summed E-state index contributed by atoms with van der Waals surface area (Å²) in [6.07, 6.45) is 19.5. The van der Waals surface area contributed by atoms with Crippen LogP contribution in [0.15, 0.2) is 111 Å². The second-order valence-electron chi connectivity index (χ2n) is 18.9. The summed E-state index contributed by atoms with van der Waals surface area (Å²) in [7, 11) is 0. The van der Waals surface area contributed by atoms with Gasteiger partial charge in [0.15, 0.2) is 0 Å². The molecule has 0 spiro atoms. The van der Waals surface area contributed by atoms with Gasteiger partial charge in [-0.2, -0.15) is 0 Å². The van der Waals surface area contributed by atoms with Crippen LogP contribution in [-0.4, -0.2) is 0 Å². The van der Waals surface area contributed by atoms with Gasteiger partial charge in [0, 0.05) is 0 Å². The summed E-state index contributed by atoms with van der Waals surface area (Å²) in [6, 6.07) is 8.80. The van der Waals surface area contributed by atoms with Crippen LogP contribution >= 0.6 is 0 Å². The van der Waals surface area contributed by atoms with E-state index in [1.807, 2.05) is 41.5 Å². The molecule has 1 fully saturated rings. The number of allylic oxidation sites excluding steroid dienone is 7.